The van der Waals surface area contributed by atoms with Crippen LogP contribution in [-0.2, 0) is 4.79 Å². The van der Waals surface area contributed by atoms with Crippen LogP contribution in [0.15, 0.2) is 11.8 Å². The average molecular weight is 218 g/mol. The first-order chi connectivity index (χ1) is 7.68. The molecule has 3 nitrogen and oxygen atoms in total. The van der Waals surface area contributed by atoms with Gasteiger partial charge >= 0.3 is 0 Å². The lowest BCUT2D eigenvalue weighted by Gasteiger charge is -2.19. The number of rotatable bonds is 2. The average Bonchev–Trinajstić information content (AvgIpc) is 2.93. The van der Waals surface area contributed by atoms with Crippen molar-refractivity contribution in [3.63, 3.8) is 0 Å². The highest BCUT2D eigenvalue weighted by molar-refractivity contribution is 6.04. The lowest BCUT2D eigenvalue weighted by Crippen LogP contribution is -2.22. The fourth-order valence-electron chi connectivity index (χ4n) is 2.49. The quantitative estimate of drug-likeness (QED) is 0.333. The highest BCUT2D eigenvalue weighted by Crippen LogP contribution is 2.42. The van der Waals surface area contributed by atoms with E-state index in [2.05, 4.69) is 22.3 Å². The first-order valence-corrected chi connectivity index (χ1v) is 5.91. The summed E-state index contributed by atoms with van der Waals surface area (Å²) in [7, 11) is 0. The van der Waals surface area contributed by atoms with Gasteiger partial charge in [-0.2, -0.15) is 0 Å². The molecule has 0 unspecified atom stereocenters. The second-order valence-corrected chi connectivity index (χ2v) is 4.56. The third-order valence-electron chi connectivity index (χ3n) is 3.32. The van der Waals surface area contributed by atoms with E-state index in [1.54, 1.807) is 13.0 Å². The molecule has 0 aromatic rings. The summed E-state index contributed by atoms with van der Waals surface area (Å²) in [5.74, 6) is 5.04. The van der Waals surface area contributed by atoms with Gasteiger partial charge in [0.25, 0.3) is 0 Å². The van der Waals surface area contributed by atoms with Gasteiger partial charge in [0.1, 0.15) is 5.66 Å². The smallest absolute Gasteiger partial charge is 0.230 e. The van der Waals surface area contributed by atoms with Gasteiger partial charge in [-0.15, -0.1) is 0 Å². The lowest BCUT2D eigenvalue weighted by molar-refractivity contribution is -0.109. The Morgan fingerprint density at radius 1 is 1.38 bits per heavy atom. The summed E-state index contributed by atoms with van der Waals surface area (Å²) in [6.07, 6.45) is 7.88. The van der Waals surface area contributed by atoms with Crippen LogP contribution in [-0.4, -0.2) is 16.5 Å². The van der Waals surface area contributed by atoms with Crippen molar-refractivity contribution >= 4 is 5.78 Å². The van der Waals surface area contributed by atoms with Crippen molar-refractivity contribution in [2.45, 2.75) is 51.6 Å². The number of carbonyl (C=O) groups excluding carboxylic acids is 1. The molecule has 0 amide bonds. The second kappa shape index (κ2) is 4.31. The Morgan fingerprint density at radius 2 is 2.06 bits per heavy atom. The van der Waals surface area contributed by atoms with Crippen LogP contribution in [0.5, 0.6) is 0 Å². The van der Waals surface area contributed by atoms with Gasteiger partial charge in [0.2, 0.25) is 5.78 Å². The number of hydrogen-bond acceptors (Lipinski definition) is 3. The third kappa shape index (κ3) is 2.12. The summed E-state index contributed by atoms with van der Waals surface area (Å²) >= 11 is 0. The molecule has 1 spiro atoms. The lowest BCUT2D eigenvalue weighted by atomic mass is 9.92. The zero-order valence-corrected chi connectivity index (χ0v) is 9.97. The Kier molecular flexibility index (Phi) is 3.02. The maximum Gasteiger partial charge on any atom is 0.230 e. The minimum atomic E-state index is -0.111. The van der Waals surface area contributed by atoms with Gasteiger partial charge in [-0.05, 0) is 45.5 Å². The van der Waals surface area contributed by atoms with Gasteiger partial charge in [-0.1, -0.05) is 12.3 Å². The summed E-state index contributed by atoms with van der Waals surface area (Å²) < 4.78 is 0. The van der Waals surface area contributed by atoms with E-state index in [4.69, 9.17) is 0 Å². The van der Waals surface area contributed by atoms with Crippen molar-refractivity contribution in [1.29, 1.82) is 0 Å². The Morgan fingerprint density at radius 3 is 2.69 bits per heavy atom. The molecule has 3 heteroatoms. The topological polar surface area (TPSA) is 42.0 Å². The molecule has 1 N–H and O–H groups in total. The van der Waals surface area contributed by atoms with Crippen LogP contribution in [0.1, 0.15) is 46.0 Å². The molecule has 0 radical (unpaired) electrons. The zero-order valence-electron chi connectivity index (χ0n) is 9.97. The van der Waals surface area contributed by atoms with Crippen LogP contribution in [0.25, 0.3) is 0 Å². The van der Waals surface area contributed by atoms with E-state index >= 15 is 0 Å². The van der Waals surface area contributed by atoms with E-state index in [0.29, 0.717) is 0 Å². The largest absolute Gasteiger partial charge is 0.289 e. The summed E-state index contributed by atoms with van der Waals surface area (Å²) in [6, 6.07) is 0. The normalized spacial score (nSPS) is 22.6. The molecule has 0 bridgehead atoms. The molecule has 2 fully saturated rings. The summed E-state index contributed by atoms with van der Waals surface area (Å²) in [4.78, 5) is 11.4. The van der Waals surface area contributed by atoms with Crippen molar-refractivity contribution in [3.05, 3.63) is 11.8 Å². The molecule has 1 aliphatic carbocycles. The molecule has 1 aliphatic heterocycles. The molecule has 0 aromatic carbocycles. The van der Waals surface area contributed by atoms with Gasteiger partial charge in [0.15, 0.2) is 0 Å². The summed E-state index contributed by atoms with van der Waals surface area (Å²) in [5.41, 5.74) is 4.54. The number of hydrogen-bond donors (Lipinski definition) is 1. The van der Waals surface area contributed by atoms with Crippen molar-refractivity contribution in [3.8, 4) is 11.8 Å². The summed E-state index contributed by atoms with van der Waals surface area (Å²) in [6.45, 7) is 3.64. The monoisotopic (exact) mass is 218 g/mol. The zero-order chi connectivity index (χ0) is 11.6. The van der Waals surface area contributed by atoms with Crippen molar-refractivity contribution < 1.29 is 4.79 Å². The van der Waals surface area contributed by atoms with E-state index in [9.17, 15) is 4.79 Å². The molecular weight excluding hydrogens is 200 g/mol. The van der Waals surface area contributed by atoms with Crippen LogP contribution < -0.4 is 5.43 Å². The first-order valence-electron chi connectivity index (χ1n) is 5.91. The van der Waals surface area contributed by atoms with Crippen molar-refractivity contribution in [2.75, 3.05) is 0 Å². The molecule has 1 saturated heterocycles. The molecule has 1 saturated carbocycles. The number of allylic oxidation sites excluding steroid dienone is 2. The van der Waals surface area contributed by atoms with Gasteiger partial charge in [-0.25, -0.2) is 5.43 Å². The van der Waals surface area contributed by atoms with E-state index in [-0.39, 0.29) is 11.4 Å². The Bertz CT molecular complexity index is 380. The van der Waals surface area contributed by atoms with Crippen LogP contribution in [0.2, 0.25) is 0 Å². The van der Waals surface area contributed by atoms with Gasteiger partial charge in [-0.3, -0.25) is 9.80 Å². The Balaban J connectivity index is 1.99. The van der Waals surface area contributed by atoms with E-state index in [0.717, 1.165) is 5.70 Å². The summed E-state index contributed by atoms with van der Waals surface area (Å²) in [5, 5.41) is 2.13. The van der Waals surface area contributed by atoms with E-state index < -0.39 is 0 Å². The van der Waals surface area contributed by atoms with Gasteiger partial charge in [0, 0.05) is 11.8 Å². The number of ketones is 1. The SMILES string of the molecule is CC#CC(=O)/C=C(\C)N1NC12CCCCC2. The van der Waals surface area contributed by atoms with Crippen molar-refractivity contribution in [2.24, 2.45) is 0 Å². The van der Waals surface area contributed by atoms with Crippen LogP contribution in [0.3, 0.4) is 0 Å². The minimum absolute atomic E-state index is 0.111. The Labute approximate surface area is 96.9 Å². The maximum atomic E-state index is 11.4. The Hall–Kier alpha value is -1.27. The molecule has 0 atom stereocenters. The van der Waals surface area contributed by atoms with Crippen LogP contribution in [0, 0.1) is 11.8 Å². The van der Waals surface area contributed by atoms with E-state index in [1.807, 2.05) is 6.92 Å². The second-order valence-electron chi connectivity index (χ2n) is 4.56. The molecule has 86 valence electrons. The number of nitrogens with one attached hydrogen (secondary N) is 1. The molecule has 0 aromatic heterocycles. The molecule has 16 heavy (non-hydrogen) atoms. The standard InChI is InChI=1S/C13H18N2O/c1-3-7-12(16)10-11(2)15-13(14-15)8-5-4-6-9-13/h10,14H,4-6,8-9H2,1-2H3/b11-10+. The fourth-order valence-corrected chi connectivity index (χ4v) is 2.49. The van der Waals surface area contributed by atoms with Gasteiger partial charge in [0.05, 0.1) is 0 Å². The number of carbonyl (C=O) groups is 1. The van der Waals surface area contributed by atoms with Gasteiger partial charge < -0.3 is 0 Å². The molecule has 1 heterocycles. The van der Waals surface area contributed by atoms with Crippen LogP contribution >= 0.6 is 0 Å². The highest BCUT2D eigenvalue weighted by Gasteiger charge is 2.51. The number of hydrazine groups is 1. The number of nitrogens with zero attached hydrogens (tertiary/aromatic N) is 1. The third-order valence-corrected chi connectivity index (χ3v) is 3.32. The predicted molar refractivity (Wildman–Crippen MR) is 63.0 cm³/mol. The first kappa shape index (κ1) is 11.2. The molecule has 2 aliphatic rings. The minimum Gasteiger partial charge on any atom is -0.289 e. The maximum absolute atomic E-state index is 11.4. The molecule has 2 rings (SSSR count). The fraction of sp³-hybridized carbons (Fsp3) is 0.615. The predicted octanol–water partition coefficient (Wildman–Crippen LogP) is 1.96. The van der Waals surface area contributed by atoms with Crippen LogP contribution in [0.4, 0.5) is 0 Å². The van der Waals surface area contributed by atoms with Crippen molar-refractivity contribution in [1.82, 2.24) is 10.4 Å². The highest BCUT2D eigenvalue weighted by atomic mass is 16.1. The van der Waals surface area contributed by atoms with E-state index in [1.165, 1.54) is 32.1 Å². The molecular formula is C13H18N2O.